The summed E-state index contributed by atoms with van der Waals surface area (Å²) in [5.41, 5.74) is 8.10. The molecule has 0 saturated heterocycles. The summed E-state index contributed by atoms with van der Waals surface area (Å²) in [6, 6.07) is 0.111. The minimum absolute atomic E-state index is 0.111. The number of aryl methyl sites for hydroxylation is 1. The number of hydrogen-bond donors (Lipinski definition) is 1. The Hall–Kier alpha value is -1.09. The van der Waals surface area contributed by atoms with Crippen LogP contribution in [0.4, 0.5) is 0 Å². The van der Waals surface area contributed by atoms with E-state index in [9.17, 15) is 0 Å². The summed E-state index contributed by atoms with van der Waals surface area (Å²) >= 11 is 0. The second-order valence-corrected chi connectivity index (χ2v) is 3.69. The molecule has 0 radical (unpaired) electrons. The lowest BCUT2D eigenvalue weighted by Crippen LogP contribution is -2.16. The maximum Gasteiger partial charge on any atom is 0.0950 e. The van der Waals surface area contributed by atoms with E-state index < -0.39 is 0 Å². The van der Waals surface area contributed by atoms with Crippen molar-refractivity contribution in [2.24, 2.45) is 5.73 Å². The molecule has 14 heavy (non-hydrogen) atoms. The minimum atomic E-state index is 0.111. The fourth-order valence-corrected chi connectivity index (χ4v) is 1.24. The Morgan fingerprint density at radius 3 is 3.00 bits per heavy atom. The second kappa shape index (κ2) is 4.96. The first kappa shape index (κ1) is 11.0. The highest BCUT2D eigenvalue weighted by Crippen LogP contribution is 2.08. The molecule has 0 spiro atoms. The fraction of sp³-hybridized carbons (Fsp3) is 0.545. The molecule has 1 aromatic heterocycles. The first-order chi connectivity index (χ1) is 6.65. The molecule has 0 saturated carbocycles. The molecule has 0 aliphatic rings. The van der Waals surface area contributed by atoms with E-state index in [-0.39, 0.29) is 6.04 Å². The van der Waals surface area contributed by atoms with Crippen molar-refractivity contribution in [1.29, 1.82) is 0 Å². The first-order valence-corrected chi connectivity index (χ1v) is 5.09. The quantitative estimate of drug-likeness (QED) is 0.795. The summed E-state index contributed by atoms with van der Waals surface area (Å²) < 4.78 is 2.14. The number of nitrogens with two attached hydrogens (primary N) is 1. The van der Waals surface area contributed by atoms with Gasteiger partial charge < -0.3 is 10.3 Å². The Morgan fingerprint density at radius 1 is 1.71 bits per heavy atom. The lowest BCUT2D eigenvalue weighted by Gasteiger charge is -2.07. The van der Waals surface area contributed by atoms with Crippen LogP contribution in [-0.4, -0.2) is 15.6 Å². The van der Waals surface area contributed by atoms with Gasteiger partial charge in [0.15, 0.2) is 0 Å². The molecular weight excluding hydrogens is 174 g/mol. The van der Waals surface area contributed by atoms with Gasteiger partial charge in [0.05, 0.1) is 18.2 Å². The fourth-order valence-electron chi connectivity index (χ4n) is 1.24. The van der Waals surface area contributed by atoms with Crippen LogP contribution in [0.15, 0.2) is 18.1 Å². The van der Waals surface area contributed by atoms with E-state index in [0.29, 0.717) is 0 Å². The zero-order valence-electron chi connectivity index (χ0n) is 9.20. The van der Waals surface area contributed by atoms with E-state index >= 15 is 0 Å². The Kier molecular flexibility index (Phi) is 3.89. The van der Waals surface area contributed by atoms with Crippen molar-refractivity contribution in [2.75, 3.05) is 0 Å². The van der Waals surface area contributed by atoms with Crippen molar-refractivity contribution in [1.82, 2.24) is 9.55 Å². The number of rotatable bonds is 4. The van der Waals surface area contributed by atoms with E-state index in [1.807, 2.05) is 26.4 Å². The largest absolute Gasteiger partial charge is 0.331 e. The van der Waals surface area contributed by atoms with Crippen molar-refractivity contribution in [3.05, 3.63) is 23.8 Å². The Labute approximate surface area is 85.6 Å². The zero-order valence-corrected chi connectivity index (χ0v) is 9.20. The van der Waals surface area contributed by atoms with Gasteiger partial charge in [0.25, 0.3) is 0 Å². The summed E-state index contributed by atoms with van der Waals surface area (Å²) in [5.74, 6) is 0. The third-order valence-electron chi connectivity index (χ3n) is 2.30. The van der Waals surface area contributed by atoms with E-state index in [1.165, 1.54) is 5.57 Å². The van der Waals surface area contributed by atoms with Gasteiger partial charge in [-0.05, 0) is 26.3 Å². The molecule has 3 nitrogen and oxygen atoms in total. The lowest BCUT2D eigenvalue weighted by atomic mass is 10.1. The standard InChI is InChI=1S/C11H19N3/c1-4-5-14-8-13-7-11(14)6-9(2)10(3)12/h6-8,10H,4-5,12H2,1-3H3/b9-6-. The summed E-state index contributed by atoms with van der Waals surface area (Å²) in [6.45, 7) is 7.21. The van der Waals surface area contributed by atoms with E-state index in [0.717, 1.165) is 18.7 Å². The van der Waals surface area contributed by atoms with Crippen LogP contribution >= 0.6 is 0 Å². The average molecular weight is 193 g/mol. The Morgan fingerprint density at radius 2 is 2.43 bits per heavy atom. The molecule has 1 rings (SSSR count). The van der Waals surface area contributed by atoms with Crippen LogP contribution in [0.25, 0.3) is 6.08 Å². The number of hydrogen-bond acceptors (Lipinski definition) is 2. The van der Waals surface area contributed by atoms with Crippen LogP contribution < -0.4 is 5.73 Å². The highest BCUT2D eigenvalue weighted by Gasteiger charge is 2.01. The molecule has 0 fully saturated rings. The third kappa shape index (κ3) is 2.70. The monoisotopic (exact) mass is 193 g/mol. The highest BCUT2D eigenvalue weighted by atomic mass is 15.0. The number of imidazole rings is 1. The van der Waals surface area contributed by atoms with Gasteiger partial charge in [-0.2, -0.15) is 0 Å². The van der Waals surface area contributed by atoms with Crippen LogP contribution in [0, 0.1) is 0 Å². The summed E-state index contributed by atoms with van der Waals surface area (Å²) in [6.07, 6.45) is 6.97. The third-order valence-corrected chi connectivity index (χ3v) is 2.30. The molecule has 1 heterocycles. The smallest absolute Gasteiger partial charge is 0.0950 e. The molecule has 1 atom stereocenters. The molecule has 78 valence electrons. The lowest BCUT2D eigenvalue weighted by molar-refractivity contribution is 0.673. The number of aromatic nitrogens is 2. The molecule has 0 bridgehead atoms. The predicted octanol–water partition coefficient (Wildman–Crippen LogP) is 2.04. The van der Waals surface area contributed by atoms with Crippen LogP contribution in [0.5, 0.6) is 0 Å². The summed E-state index contributed by atoms with van der Waals surface area (Å²) in [7, 11) is 0. The van der Waals surface area contributed by atoms with Crippen LogP contribution in [0.2, 0.25) is 0 Å². The van der Waals surface area contributed by atoms with Crippen molar-refractivity contribution in [3.8, 4) is 0 Å². The molecule has 1 unspecified atom stereocenters. The molecule has 3 heteroatoms. The van der Waals surface area contributed by atoms with Gasteiger partial charge in [-0.3, -0.25) is 0 Å². The second-order valence-electron chi connectivity index (χ2n) is 3.69. The Balaban J connectivity index is 2.85. The Bertz CT molecular complexity index is 310. The zero-order chi connectivity index (χ0) is 10.6. The summed E-state index contributed by atoms with van der Waals surface area (Å²) in [5, 5.41) is 0. The van der Waals surface area contributed by atoms with Crippen LogP contribution in [0.3, 0.4) is 0 Å². The maximum absolute atomic E-state index is 5.78. The van der Waals surface area contributed by atoms with Crippen molar-refractivity contribution in [3.63, 3.8) is 0 Å². The predicted molar refractivity (Wildman–Crippen MR) is 59.8 cm³/mol. The molecule has 2 N–H and O–H groups in total. The van der Waals surface area contributed by atoms with Crippen molar-refractivity contribution in [2.45, 2.75) is 39.8 Å². The molecule has 1 aromatic rings. The topological polar surface area (TPSA) is 43.8 Å². The van der Waals surface area contributed by atoms with Crippen LogP contribution in [0.1, 0.15) is 32.9 Å². The van der Waals surface area contributed by atoms with Gasteiger partial charge in [0.2, 0.25) is 0 Å². The molecule has 0 amide bonds. The summed E-state index contributed by atoms with van der Waals surface area (Å²) in [4.78, 5) is 4.13. The van der Waals surface area contributed by atoms with Gasteiger partial charge in [0.1, 0.15) is 0 Å². The average Bonchev–Trinajstić information content (AvgIpc) is 2.53. The van der Waals surface area contributed by atoms with Gasteiger partial charge in [-0.15, -0.1) is 0 Å². The van der Waals surface area contributed by atoms with Gasteiger partial charge in [-0.25, -0.2) is 4.98 Å². The highest BCUT2D eigenvalue weighted by molar-refractivity contribution is 5.49. The van der Waals surface area contributed by atoms with Gasteiger partial charge in [-0.1, -0.05) is 12.5 Å². The van der Waals surface area contributed by atoms with Gasteiger partial charge in [0, 0.05) is 12.6 Å². The van der Waals surface area contributed by atoms with E-state index in [2.05, 4.69) is 22.6 Å². The maximum atomic E-state index is 5.78. The first-order valence-electron chi connectivity index (χ1n) is 5.09. The SMILES string of the molecule is CCCn1cncc1/C=C(/C)C(C)N. The van der Waals surface area contributed by atoms with Crippen molar-refractivity contribution >= 4 is 6.08 Å². The molecule has 0 aliphatic carbocycles. The normalized spacial score (nSPS) is 14.4. The van der Waals surface area contributed by atoms with Gasteiger partial charge >= 0.3 is 0 Å². The molecular formula is C11H19N3. The van der Waals surface area contributed by atoms with E-state index in [4.69, 9.17) is 5.73 Å². The van der Waals surface area contributed by atoms with Crippen LogP contribution in [-0.2, 0) is 6.54 Å². The molecule has 0 aromatic carbocycles. The van der Waals surface area contributed by atoms with E-state index in [1.54, 1.807) is 0 Å². The molecule has 0 aliphatic heterocycles. The van der Waals surface area contributed by atoms with Crippen molar-refractivity contribution < 1.29 is 0 Å². The number of nitrogens with zero attached hydrogens (tertiary/aromatic N) is 2. The minimum Gasteiger partial charge on any atom is -0.331 e.